The summed E-state index contributed by atoms with van der Waals surface area (Å²) in [7, 11) is -4.27. The smallest absolute Gasteiger partial charge is 0.333 e. The number of hydrogen-bond acceptors (Lipinski definition) is 2. The lowest BCUT2D eigenvalue weighted by Gasteiger charge is -2.25. The molecule has 0 aromatic heterocycles. The summed E-state index contributed by atoms with van der Waals surface area (Å²) in [5.74, 6) is 0.185. The van der Waals surface area contributed by atoms with Gasteiger partial charge in [-0.05, 0) is 35.4 Å². The molecule has 112 valence electrons. The lowest BCUT2D eigenvalue weighted by Crippen LogP contribution is -2.13. The van der Waals surface area contributed by atoms with E-state index in [2.05, 4.69) is 6.58 Å². The second-order valence-corrected chi connectivity index (χ2v) is 7.91. The molecule has 0 radical (unpaired) electrons. The van der Waals surface area contributed by atoms with E-state index in [0.717, 1.165) is 0 Å². The number of allylic oxidation sites excluding steroid dienone is 1. The molecule has 0 aliphatic heterocycles. The molecule has 0 aliphatic carbocycles. The SMILES string of the molecule is C=CCC(c1cc(C)c(O)c(C(C)(C)C)c1)P(=O)(O)O. The zero-order chi connectivity index (χ0) is 15.7. The van der Waals surface area contributed by atoms with Crippen molar-refractivity contribution in [2.45, 2.75) is 45.2 Å². The molecule has 3 N–H and O–H groups in total. The van der Waals surface area contributed by atoms with Crippen LogP contribution in [0.15, 0.2) is 24.8 Å². The third-order valence-electron chi connectivity index (χ3n) is 3.31. The number of rotatable bonds is 4. The molecule has 1 unspecified atom stereocenters. The van der Waals surface area contributed by atoms with Crippen LogP contribution in [0.5, 0.6) is 5.75 Å². The van der Waals surface area contributed by atoms with Gasteiger partial charge in [0.15, 0.2) is 0 Å². The van der Waals surface area contributed by atoms with Crippen LogP contribution in [0.2, 0.25) is 0 Å². The van der Waals surface area contributed by atoms with Gasteiger partial charge in [-0.2, -0.15) is 0 Å². The van der Waals surface area contributed by atoms with Crippen molar-refractivity contribution in [1.82, 2.24) is 0 Å². The maximum absolute atomic E-state index is 11.7. The molecule has 0 saturated heterocycles. The molecule has 0 bridgehead atoms. The minimum atomic E-state index is -4.27. The highest BCUT2D eigenvalue weighted by atomic mass is 31.2. The molecule has 1 rings (SSSR count). The van der Waals surface area contributed by atoms with E-state index in [9.17, 15) is 19.5 Å². The molecule has 0 heterocycles. The van der Waals surface area contributed by atoms with Gasteiger partial charge in [0.05, 0.1) is 5.66 Å². The summed E-state index contributed by atoms with van der Waals surface area (Å²) in [6.45, 7) is 11.1. The Hall–Kier alpha value is -1.09. The molecule has 0 aliphatic rings. The van der Waals surface area contributed by atoms with E-state index in [-0.39, 0.29) is 17.6 Å². The molecule has 0 amide bonds. The van der Waals surface area contributed by atoms with Crippen LogP contribution >= 0.6 is 7.60 Å². The predicted molar refractivity (Wildman–Crippen MR) is 81.1 cm³/mol. The monoisotopic (exact) mass is 298 g/mol. The number of phenols is 1. The largest absolute Gasteiger partial charge is 0.507 e. The van der Waals surface area contributed by atoms with Crippen LogP contribution < -0.4 is 0 Å². The fourth-order valence-electron chi connectivity index (χ4n) is 2.20. The fourth-order valence-corrected chi connectivity index (χ4v) is 3.16. The molecule has 0 saturated carbocycles. The number of phenolic OH excluding ortho intramolecular Hbond substituents is 1. The lowest BCUT2D eigenvalue weighted by atomic mass is 9.83. The molecule has 1 aromatic rings. The molecule has 1 atom stereocenters. The first-order valence-electron chi connectivity index (χ1n) is 6.48. The standard InChI is InChI=1S/C15H23O4P/c1-6-7-13(20(17,18)19)11-8-10(2)14(16)12(9-11)15(3,4)5/h6,8-9,13,16H,1,7H2,2-5H3,(H2,17,18,19). The summed E-state index contributed by atoms with van der Waals surface area (Å²) in [5.41, 5.74) is 0.627. The van der Waals surface area contributed by atoms with Gasteiger partial charge in [0.1, 0.15) is 5.75 Å². The first-order chi connectivity index (χ1) is 8.98. The Labute approximate surface area is 120 Å². The van der Waals surface area contributed by atoms with Gasteiger partial charge in [0.2, 0.25) is 0 Å². The molecule has 5 heteroatoms. The Kier molecular flexibility index (Phi) is 4.86. The van der Waals surface area contributed by atoms with Gasteiger partial charge in [0.25, 0.3) is 0 Å². The van der Waals surface area contributed by atoms with Gasteiger partial charge in [-0.1, -0.05) is 39.0 Å². The Morgan fingerprint density at radius 2 is 1.90 bits per heavy atom. The summed E-state index contributed by atoms with van der Waals surface area (Å²) >= 11 is 0. The van der Waals surface area contributed by atoms with Crippen LogP contribution in [-0.2, 0) is 9.98 Å². The quantitative estimate of drug-likeness (QED) is 0.583. The summed E-state index contributed by atoms with van der Waals surface area (Å²) in [5, 5.41) is 10.2. The van der Waals surface area contributed by atoms with Gasteiger partial charge in [-0.3, -0.25) is 4.57 Å². The summed E-state index contributed by atoms with van der Waals surface area (Å²) in [6.07, 6.45) is 1.70. The minimum absolute atomic E-state index is 0.185. The van der Waals surface area contributed by atoms with E-state index in [1.165, 1.54) is 6.08 Å². The molecule has 0 spiro atoms. The highest BCUT2D eigenvalue weighted by molar-refractivity contribution is 7.52. The number of aromatic hydroxyl groups is 1. The Bertz CT molecular complexity index is 552. The van der Waals surface area contributed by atoms with E-state index < -0.39 is 13.3 Å². The molecular formula is C15H23O4P. The van der Waals surface area contributed by atoms with Gasteiger partial charge in [-0.15, -0.1) is 6.58 Å². The molecule has 20 heavy (non-hydrogen) atoms. The second-order valence-electron chi connectivity index (χ2n) is 6.11. The Morgan fingerprint density at radius 3 is 2.30 bits per heavy atom. The maximum Gasteiger partial charge on any atom is 0.333 e. The van der Waals surface area contributed by atoms with Crippen molar-refractivity contribution < 1.29 is 19.5 Å². The van der Waals surface area contributed by atoms with E-state index in [0.29, 0.717) is 16.7 Å². The predicted octanol–water partition coefficient (Wildman–Crippen LogP) is 3.79. The van der Waals surface area contributed by atoms with Crippen molar-refractivity contribution in [3.8, 4) is 5.75 Å². The first-order valence-corrected chi connectivity index (χ1v) is 8.16. The topological polar surface area (TPSA) is 77.8 Å². The van der Waals surface area contributed by atoms with Gasteiger partial charge in [0, 0.05) is 0 Å². The van der Waals surface area contributed by atoms with Crippen molar-refractivity contribution in [3.05, 3.63) is 41.5 Å². The zero-order valence-electron chi connectivity index (χ0n) is 12.4. The maximum atomic E-state index is 11.7. The second kappa shape index (κ2) is 5.72. The van der Waals surface area contributed by atoms with Crippen molar-refractivity contribution in [2.75, 3.05) is 0 Å². The average Bonchev–Trinajstić information content (AvgIpc) is 2.26. The van der Waals surface area contributed by atoms with E-state index in [1.54, 1.807) is 19.1 Å². The van der Waals surface area contributed by atoms with Crippen LogP contribution in [-0.4, -0.2) is 14.9 Å². The van der Waals surface area contributed by atoms with E-state index in [1.807, 2.05) is 20.8 Å². The molecule has 4 nitrogen and oxygen atoms in total. The van der Waals surface area contributed by atoms with E-state index >= 15 is 0 Å². The van der Waals surface area contributed by atoms with Gasteiger partial charge < -0.3 is 14.9 Å². The van der Waals surface area contributed by atoms with Crippen molar-refractivity contribution in [3.63, 3.8) is 0 Å². The van der Waals surface area contributed by atoms with Crippen molar-refractivity contribution in [2.24, 2.45) is 0 Å². The molecule has 0 fully saturated rings. The first kappa shape index (κ1) is 17.0. The third kappa shape index (κ3) is 3.72. The van der Waals surface area contributed by atoms with Crippen LogP contribution in [0.3, 0.4) is 0 Å². The van der Waals surface area contributed by atoms with Crippen LogP contribution in [0, 0.1) is 6.92 Å². The number of benzene rings is 1. The summed E-state index contributed by atoms with van der Waals surface area (Å²) in [6, 6.07) is 3.33. The Morgan fingerprint density at radius 1 is 1.35 bits per heavy atom. The van der Waals surface area contributed by atoms with Crippen LogP contribution in [0.25, 0.3) is 0 Å². The van der Waals surface area contributed by atoms with Gasteiger partial charge in [-0.25, -0.2) is 0 Å². The lowest BCUT2D eigenvalue weighted by molar-refractivity contribution is 0.358. The van der Waals surface area contributed by atoms with Crippen LogP contribution in [0.1, 0.15) is 49.5 Å². The summed E-state index contributed by atoms with van der Waals surface area (Å²) in [4.78, 5) is 19.0. The van der Waals surface area contributed by atoms with E-state index in [4.69, 9.17) is 0 Å². The third-order valence-corrected chi connectivity index (χ3v) is 4.63. The minimum Gasteiger partial charge on any atom is -0.507 e. The molecule has 1 aromatic carbocycles. The van der Waals surface area contributed by atoms with Crippen molar-refractivity contribution >= 4 is 7.60 Å². The normalized spacial score (nSPS) is 14.1. The van der Waals surface area contributed by atoms with Crippen molar-refractivity contribution in [1.29, 1.82) is 0 Å². The molecular weight excluding hydrogens is 275 g/mol. The highest BCUT2D eigenvalue weighted by Crippen LogP contribution is 2.54. The van der Waals surface area contributed by atoms with Gasteiger partial charge >= 0.3 is 7.60 Å². The Balaban J connectivity index is 3.49. The van der Waals surface area contributed by atoms with Crippen LogP contribution in [0.4, 0.5) is 0 Å². The fraction of sp³-hybridized carbons (Fsp3) is 0.467. The average molecular weight is 298 g/mol. The number of hydrogen-bond donors (Lipinski definition) is 3. The zero-order valence-corrected chi connectivity index (χ0v) is 13.3. The highest BCUT2D eigenvalue weighted by Gasteiger charge is 2.31. The summed E-state index contributed by atoms with van der Waals surface area (Å²) < 4.78 is 11.7. The number of aryl methyl sites for hydroxylation is 1.